The second kappa shape index (κ2) is 6.79. The van der Waals surface area contributed by atoms with Crippen LogP contribution >= 0.6 is 0 Å². The van der Waals surface area contributed by atoms with Gasteiger partial charge >= 0.3 is 0 Å². The van der Waals surface area contributed by atoms with Gasteiger partial charge in [0.05, 0.1) is 18.3 Å². The summed E-state index contributed by atoms with van der Waals surface area (Å²) in [6.07, 6.45) is 2.42. The monoisotopic (exact) mass is 352 g/mol. The maximum absolute atomic E-state index is 11.8. The minimum Gasteiger partial charge on any atom is -0.459 e. The quantitative estimate of drug-likeness (QED) is 0.567. The van der Waals surface area contributed by atoms with Gasteiger partial charge in [0.1, 0.15) is 5.52 Å². The molecule has 3 aromatic heterocycles. The topological polar surface area (TPSA) is 112 Å². The van der Waals surface area contributed by atoms with Gasteiger partial charge in [-0.15, -0.1) is 5.10 Å². The molecule has 0 radical (unpaired) electrons. The van der Waals surface area contributed by atoms with Crippen LogP contribution in [0.4, 0.5) is 0 Å². The summed E-state index contributed by atoms with van der Waals surface area (Å²) in [5, 5.41) is 14.9. The van der Waals surface area contributed by atoms with Gasteiger partial charge in [-0.1, -0.05) is 17.3 Å². The number of aryl methyl sites for hydroxylation is 1. The molecule has 0 aliphatic heterocycles. The van der Waals surface area contributed by atoms with Crippen LogP contribution in [-0.4, -0.2) is 31.0 Å². The zero-order valence-corrected chi connectivity index (χ0v) is 14.0. The summed E-state index contributed by atoms with van der Waals surface area (Å²) < 4.78 is 12.1. The molecule has 4 aromatic rings. The Morgan fingerprint density at radius 3 is 3.04 bits per heavy atom. The van der Waals surface area contributed by atoms with Gasteiger partial charge in [0, 0.05) is 12.1 Å². The molecule has 0 saturated heterocycles. The Kier molecular flexibility index (Phi) is 4.18. The van der Waals surface area contributed by atoms with Crippen molar-refractivity contribution in [3.63, 3.8) is 0 Å². The molecule has 0 saturated carbocycles. The molecule has 1 N–H and O–H groups in total. The number of benzene rings is 1. The van der Waals surface area contributed by atoms with E-state index in [9.17, 15) is 4.79 Å². The smallest absolute Gasteiger partial charge is 0.287 e. The highest BCUT2D eigenvalue weighted by Gasteiger charge is 2.13. The Balaban J connectivity index is 1.49. The molecule has 1 amide bonds. The normalized spacial score (nSPS) is 11.1. The zero-order chi connectivity index (χ0) is 17.9. The number of carbonyl (C=O) groups is 1. The van der Waals surface area contributed by atoms with Crippen LogP contribution in [0.25, 0.3) is 22.4 Å². The van der Waals surface area contributed by atoms with Crippen molar-refractivity contribution in [2.75, 3.05) is 0 Å². The van der Waals surface area contributed by atoms with Crippen LogP contribution in [0, 0.1) is 0 Å². The maximum Gasteiger partial charge on any atom is 0.287 e. The molecule has 0 bridgehead atoms. The molecular formula is C17H16N6O3. The molecule has 0 aliphatic rings. The molecule has 0 spiro atoms. The Hall–Kier alpha value is -3.49. The molecule has 0 atom stereocenters. The van der Waals surface area contributed by atoms with E-state index in [1.807, 2.05) is 22.9 Å². The molecular weight excluding hydrogens is 336 g/mol. The van der Waals surface area contributed by atoms with E-state index in [0.29, 0.717) is 11.7 Å². The van der Waals surface area contributed by atoms with Crippen molar-refractivity contribution in [2.45, 2.75) is 26.4 Å². The van der Waals surface area contributed by atoms with Crippen LogP contribution in [-0.2, 0) is 13.1 Å². The average molecular weight is 352 g/mol. The first-order valence-corrected chi connectivity index (χ1v) is 8.22. The van der Waals surface area contributed by atoms with Crippen LogP contribution in [0.5, 0.6) is 0 Å². The molecule has 0 aliphatic carbocycles. The van der Waals surface area contributed by atoms with Gasteiger partial charge in [-0.2, -0.15) is 4.98 Å². The van der Waals surface area contributed by atoms with E-state index in [1.165, 1.54) is 6.26 Å². The zero-order valence-electron chi connectivity index (χ0n) is 14.0. The summed E-state index contributed by atoms with van der Waals surface area (Å²) >= 11 is 0. The van der Waals surface area contributed by atoms with Gasteiger partial charge in [-0.05, 0) is 36.8 Å². The maximum atomic E-state index is 11.8. The minimum absolute atomic E-state index is 0.113. The Labute approximate surface area is 148 Å². The summed E-state index contributed by atoms with van der Waals surface area (Å²) in [6.45, 7) is 3.02. The molecule has 0 unspecified atom stereocenters. The molecule has 132 valence electrons. The highest BCUT2D eigenvalue weighted by atomic mass is 16.5. The van der Waals surface area contributed by atoms with Crippen LogP contribution < -0.4 is 5.32 Å². The summed E-state index contributed by atoms with van der Waals surface area (Å²) in [6, 6.07) is 8.93. The summed E-state index contributed by atoms with van der Waals surface area (Å²) in [5.41, 5.74) is 2.51. The van der Waals surface area contributed by atoms with E-state index in [0.717, 1.165) is 29.6 Å². The SMILES string of the molecule is CCCn1nnc2cc(-c3noc(CNC(=O)c4ccco4)n3)ccc21. The summed E-state index contributed by atoms with van der Waals surface area (Å²) in [4.78, 5) is 16.2. The third-order valence-corrected chi connectivity index (χ3v) is 3.82. The lowest BCUT2D eigenvalue weighted by Gasteiger charge is -1.99. The van der Waals surface area contributed by atoms with Crippen molar-refractivity contribution < 1.29 is 13.7 Å². The molecule has 3 heterocycles. The number of nitrogens with one attached hydrogen (secondary N) is 1. The number of rotatable bonds is 6. The number of hydrogen-bond acceptors (Lipinski definition) is 7. The highest BCUT2D eigenvalue weighted by Crippen LogP contribution is 2.21. The van der Waals surface area contributed by atoms with Gasteiger partial charge < -0.3 is 14.3 Å². The van der Waals surface area contributed by atoms with E-state index >= 15 is 0 Å². The molecule has 1 aromatic carbocycles. The van der Waals surface area contributed by atoms with Crippen LogP contribution in [0.2, 0.25) is 0 Å². The summed E-state index contributed by atoms with van der Waals surface area (Å²) in [7, 11) is 0. The van der Waals surface area contributed by atoms with Gasteiger partial charge in [0.25, 0.3) is 5.91 Å². The summed E-state index contributed by atoms with van der Waals surface area (Å²) in [5.74, 6) is 0.614. The van der Waals surface area contributed by atoms with Gasteiger partial charge in [0.2, 0.25) is 11.7 Å². The number of carbonyl (C=O) groups excluding carboxylic acids is 1. The third-order valence-electron chi connectivity index (χ3n) is 3.82. The van der Waals surface area contributed by atoms with Crippen molar-refractivity contribution in [1.29, 1.82) is 0 Å². The first kappa shape index (κ1) is 16.0. The van der Waals surface area contributed by atoms with Crippen LogP contribution in [0.15, 0.2) is 45.5 Å². The number of aromatic nitrogens is 5. The van der Waals surface area contributed by atoms with E-state index in [2.05, 4.69) is 32.7 Å². The predicted molar refractivity (Wildman–Crippen MR) is 91.0 cm³/mol. The van der Waals surface area contributed by atoms with E-state index in [4.69, 9.17) is 8.94 Å². The fraction of sp³-hybridized carbons (Fsp3) is 0.235. The molecule has 9 heteroatoms. The van der Waals surface area contributed by atoms with Gasteiger partial charge in [-0.25, -0.2) is 4.68 Å². The number of fused-ring (bicyclic) bond motifs is 1. The molecule has 0 fully saturated rings. The highest BCUT2D eigenvalue weighted by molar-refractivity contribution is 5.91. The average Bonchev–Trinajstić information content (AvgIpc) is 3.40. The van der Waals surface area contributed by atoms with E-state index in [-0.39, 0.29) is 18.2 Å². The first-order chi connectivity index (χ1) is 12.7. The first-order valence-electron chi connectivity index (χ1n) is 8.22. The molecule has 9 nitrogen and oxygen atoms in total. The van der Waals surface area contributed by atoms with E-state index < -0.39 is 0 Å². The van der Waals surface area contributed by atoms with Crippen molar-refractivity contribution in [1.82, 2.24) is 30.5 Å². The van der Waals surface area contributed by atoms with Crippen LogP contribution in [0.1, 0.15) is 29.8 Å². The fourth-order valence-corrected chi connectivity index (χ4v) is 2.58. The third kappa shape index (κ3) is 3.06. The van der Waals surface area contributed by atoms with Crippen molar-refractivity contribution >= 4 is 16.9 Å². The van der Waals surface area contributed by atoms with Crippen molar-refractivity contribution in [2.24, 2.45) is 0 Å². The Bertz CT molecular complexity index is 1030. The predicted octanol–water partition coefficient (Wildman–Crippen LogP) is 2.41. The van der Waals surface area contributed by atoms with Crippen molar-refractivity contribution in [3.05, 3.63) is 48.2 Å². The number of furan rings is 1. The molecule has 26 heavy (non-hydrogen) atoms. The second-order valence-electron chi connectivity index (χ2n) is 5.69. The van der Waals surface area contributed by atoms with Gasteiger partial charge in [0.15, 0.2) is 5.76 Å². The number of amides is 1. The lowest BCUT2D eigenvalue weighted by atomic mass is 10.2. The number of hydrogen-bond donors (Lipinski definition) is 1. The number of nitrogens with zero attached hydrogens (tertiary/aromatic N) is 5. The standard InChI is InChI=1S/C17H16N6O3/c1-2-7-23-13-6-5-11(9-12(13)20-22-23)16-19-15(26-21-16)10-18-17(24)14-4-3-8-25-14/h3-6,8-9H,2,7,10H2,1H3,(H,18,24). The van der Waals surface area contributed by atoms with E-state index in [1.54, 1.807) is 12.1 Å². The van der Waals surface area contributed by atoms with Gasteiger partial charge in [-0.3, -0.25) is 4.79 Å². The molecule has 4 rings (SSSR count). The van der Waals surface area contributed by atoms with Crippen molar-refractivity contribution in [3.8, 4) is 11.4 Å². The Morgan fingerprint density at radius 1 is 1.31 bits per heavy atom. The lowest BCUT2D eigenvalue weighted by molar-refractivity contribution is 0.0918. The lowest BCUT2D eigenvalue weighted by Crippen LogP contribution is -2.22. The fourth-order valence-electron chi connectivity index (χ4n) is 2.58. The van der Waals surface area contributed by atoms with Crippen LogP contribution in [0.3, 0.4) is 0 Å². The Morgan fingerprint density at radius 2 is 2.23 bits per heavy atom. The minimum atomic E-state index is -0.344. The second-order valence-corrected chi connectivity index (χ2v) is 5.69. The largest absolute Gasteiger partial charge is 0.459 e.